The molecule has 1 heterocycles. The monoisotopic (exact) mass is 381 g/mol. The molecule has 2 amide bonds. The van der Waals surface area contributed by atoms with Gasteiger partial charge in [0, 0.05) is 26.8 Å². The molecule has 1 fully saturated rings. The van der Waals surface area contributed by atoms with E-state index in [0.717, 1.165) is 11.3 Å². The van der Waals surface area contributed by atoms with E-state index in [1.54, 1.807) is 6.21 Å². The summed E-state index contributed by atoms with van der Waals surface area (Å²) in [6.07, 6.45) is 0.959. The molecule has 1 aromatic rings. The fraction of sp³-hybridized carbons (Fsp3) is 0.438. The van der Waals surface area contributed by atoms with Crippen molar-refractivity contribution >= 4 is 46.2 Å². The molecule has 0 spiro atoms. The average molecular weight is 382 g/mol. The molecule has 1 aliphatic rings. The molecule has 1 unspecified atom stereocenters. The van der Waals surface area contributed by atoms with Gasteiger partial charge in [0.1, 0.15) is 0 Å². The highest BCUT2D eigenvalue weighted by Gasteiger charge is 2.49. The van der Waals surface area contributed by atoms with E-state index < -0.39 is 16.9 Å². The predicted molar refractivity (Wildman–Crippen MR) is 106 cm³/mol. The highest BCUT2D eigenvalue weighted by atomic mass is 32.2. The van der Waals surface area contributed by atoms with Gasteiger partial charge < -0.3 is 10.2 Å². The summed E-state index contributed by atoms with van der Waals surface area (Å²) in [5, 5.41) is 19.2. The second kappa shape index (κ2) is 7.59. The summed E-state index contributed by atoms with van der Waals surface area (Å²) < 4.78 is -0.0103. The fourth-order valence-corrected chi connectivity index (χ4v) is 4.23. The van der Waals surface area contributed by atoms with Gasteiger partial charge in [0.15, 0.2) is 10.5 Å². The van der Waals surface area contributed by atoms with Crippen LogP contribution in [0.3, 0.4) is 0 Å². The van der Waals surface area contributed by atoms with E-state index in [2.05, 4.69) is 10.4 Å². The Labute approximate surface area is 157 Å². The molecule has 25 heavy (non-hydrogen) atoms. The number of nitrogens with zero attached hydrogens (tertiary/aromatic N) is 4. The van der Waals surface area contributed by atoms with Gasteiger partial charge in [-0.2, -0.15) is 10.2 Å². The van der Waals surface area contributed by atoms with Crippen LogP contribution in [0.4, 0.5) is 10.5 Å². The molecule has 0 aromatic heterocycles. The standard InChI is InChI=1S/C16H23N5O2S2/c1-16(2)13(21(23)14(22)17-3)20(15(24)25-16)18-10-11-6-8-12(9-7-11)19(4)5/h6-10,13,23H,1-5H3,(H,17,22). The molecule has 0 radical (unpaired) electrons. The summed E-state index contributed by atoms with van der Waals surface area (Å²) in [6, 6.07) is 7.26. The summed E-state index contributed by atoms with van der Waals surface area (Å²) in [5.74, 6) is 0. The number of anilines is 1. The van der Waals surface area contributed by atoms with Gasteiger partial charge in [-0.3, -0.25) is 5.21 Å². The van der Waals surface area contributed by atoms with Crippen LogP contribution in [0, 0.1) is 0 Å². The zero-order valence-corrected chi connectivity index (χ0v) is 16.6. The zero-order chi connectivity index (χ0) is 18.8. The molecule has 0 bridgehead atoms. The number of benzene rings is 1. The van der Waals surface area contributed by atoms with Crippen molar-refractivity contribution in [3.63, 3.8) is 0 Å². The van der Waals surface area contributed by atoms with Gasteiger partial charge in [-0.15, -0.1) is 0 Å². The second-order valence-corrected chi connectivity index (χ2v) is 8.61. The molecule has 2 N–H and O–H groups in total. The lowest BCUT2D eigenvalue weighted by atomic mass is 10.1. The van der Waals surface area contributed by atoms with E-state index in [1.165, 1.54) is 23.8 Å². The molecule has 1 aliphatic heterocycles. The van der Waals surface area contributed by atoms with Gasteiger partial charge in [0.05, 0.1) is 11.0 Å². The first-order valence-corrected chi connectivity index (χ1v) is 8.93. The topological polar surface area (TPSA) is 71.4 Å². The minimum absolute atomic E-state index is 0.499. The van der Waals surface area contributed by atoms with E-state index >= 15 is 0 Å². The van der Waals surface area contributed by atoms with Crippen LogP contribution in [0.2, 0.25) is 0 Å². The van der Waals surface area contributed by atoms with Crippen molar-refractivity contribution in [1.82, 2.24) is 15.4 Å². The molecule has 1 aromatic carbocycles. The highest BCUT2D eigenvalue weighted by molar-refractivity contribution is 8.24. The Morgan fingerprint density at radius 2 is 2.00 bits per heavy atom. The SMILES string of the molecule is CNC(=O)N(O)C1N(N=Cc2ccc(N(C)C)cc2)C(=S)SC1(C)C. The van der Waals surface area contributed by atoms with Crippen molar-refractivity contribution in [1.29, 1.82) is 0 Å². The number of hydrogen-bond donors (Lipinski definition) is 2. The van der Waals surface area contributed by atoms with Crippen LogP contribution in [0.1, 0.15) is 19.4 Å². The molecule has 1 saturated heterocycles. The number of carbonyl (C=O) groups is 1. The van der Waals surface area contributed by atoms with Crippen LogP contribution in [0.25, 0.3) is 0 Å². The maximum absolute atomic E-state index is 11.8. The molecule has 0 saturated carbocycles. The van der Waals surface area contributed by atoms with E-state index in [4.69, 9.17) is 12.2 Å². The number of thioether (sulfide) groups is 1. The molecule has 9 heteroatoms. The van der Waals surface area contributed by atoms with E-state index in [0.29, 0.717) is 9.38 Å². The van der Waals surface area contributed by atoms with Crippen molar-refractivity contribution < 1.29 is 10.0 Å². The molecule has 7 nitrogen and oxygen atoms in total. The van der Waals surface area contributed by atoms with Gasteiger partial charge in [-0.05, 0) is 31.5 Å². The van der Waals surface area contributed by atoms with Crippen LogP contribution < -0.4 is 10.2 Å². The molecule has 2 rings (SSSR count). The summed E-state index contributed by atoms with van der Waals surface area (Å²) in [5.41, 5.74) is 1.98. The van der Waals surface area contributed by atoms with Gasteiger partial charge in [-0.25, -0.2) is 9.80 Å². The lowest BCUT2D eigenvalue weighted by molar-refractivity contribution is -0.117. The maximum Gasteiger partial charge on any atom is 0.343 e. The molecular weight excluding hydrogens is 358 g/mol. The first kappa shape index (κ1) is 19.5. The van der Waals surface area contributed by atoms with Crippen LogP contribution in [0.15, 0.2) is 29.4 Å². The fourth-order valence-electron chi connectivity index (χ4n) is 2.44. The molecule has 0 aliphatic carbocycles. The smallest absolute Gasteiger partial charge is 0.343 e. The first-order chi connectivity index (χ1) is 11.7. The number of amides is 2. The number of hydrogen-bond acceptors (Lipinski definition) is 6. The minimum Gasteiger partial charge on any atom is -0.378 e. The third-order valence-electron chi connectivity index (χ3n) is 3.79. The first-order valence-electron chi connectivity index (χ1n) is 7.71. The molecule has 136 valence electrons. The number of urea groups is 1. The number of carbonyl (C=O) groups excluding carboxylic acids is 1. The van der Waals surface area contributed by atoms with Gasteiger partial charge in [0.2, 0.25) is 0 Å². The zero-order valence-electron chi connectivity index (χ0n) is 14.9. The summed E-state index contributed by atoms with van der Waals surface area (Å²) in [4.78, 5) is 13.9. The molecular formula is C16H23N5O2S2. The van der Waals surface area contributed by atoms with Crippen molar-refractivity contribution in [2.45, 2.75) is 24.8 Å². The number of hydroxylamine groups is 2. The Bertz CT molecular complexity index is 676. The Kier molecular flexibility index (Phi) is 5.91. The Morgan fingerprint density at radius 1 is 1.40 bits per heavy atom. The van der Waals surface area contributed by atoms with E-state index in [-0.39, 0.29) is 0 Å². The summed E-state index contributed by atoms with van der Waals surface area (Å²) >= 11 is 6.77. The van der Waals surface area contributed by atoms with Gasteiger partial charge in [0.25, 0.3) is 0 Å². The summed E-state index contributed by atoms with van der Waals surface area (Å²) in [7, 11) is 5.41. The third kappa shape index (κ3) is 4.23. The number of thiocarbonyl (C=S) groups is 1. The van der Waals surface area contributed by atoms with Crippen LogP contribution in [-0.4, -0.2) is 63.9 Å². The average Bonchev–Trinajstić information content (AvgIpc) is 2.79. The Morgan fingerprint density at radius 3 is 2.52 bits per heavy atom. The number of rotatable bonds is 4. The van der Waals surface area contributed by atoms with Crippen LogP contribution >= 0.6 is 24.0 Å². The lowest BCUT2D eigenvalue weighted by Crippen LogP contribution is -2.55. The Hall–Kier alpha value is -1.84. The second-order valence-electron chi connectivity index (χ2n) is 6.32. The largest absolute Gasteiger partial charge is 0.378 e. The maximum atomic E-state index is 11.8. The van der Waals surface area contributed by atoms with Gasteiger partial charge >= 0.3 is 6.03 Å². The van der Waals surface area contributed by atoms with Crippen molar-refractivity contribution in [3.05, 3.63) is 29.8 Å². The number of nitrogens with one attached hydrogen (secondary N) is 1. The molecule has 1 atom stereocenters. The van der Waals surface area contributed by atoms with Crippen molar-refractivity contribution in [2.75, 3.05) is 26.0 Å². The normalized spacial score (nSPS) is 19.4. The van der Waals surface area contributed by atoms with E-state index in [1.807, 2.05) is 57.1 Å². The van der Waals surface area contributed by atoms with Crippen molar-refractivity contribution in [2.24, 2.45) is 5.10 Å². The van der Waals surface area contributed by atoms with E-state index in [9.17, 15) is 10.0 Å². The minimum atomic E-state index is -0.706. The van der Waals surface area contributed by atoms with Gasteiger partial charge in [-0.1, -0.05) is 36.1 Å². The predicted octanol–water partition coefficient (Wildman–Crippen LogP) is 2.56. The number of hydrazone groups is 1. The quantitative estimate of drug-likeness (QED) is 0.361. The van der Waals surface area contributed by atoms with Crippen molar-refractivity contribution in [3.8, 4) is 0 Å². The summed E-state index contributed by atoms with van der Waals surface area (Å²) in [6.45, 7) is 3.81. The van der Waals surface area contributed by atoms with Crippen LogP contribution in [0.5, 0.6) is 0 Å². The highest BCUT2D eigenvalue weighted by Crippen LogP contribution is 2.42. The third-order valence-corrected chi connectivity index (χ3v) is 5.32. The lowest BCUT2D eigenvalue weighted by Gasteiger charge is -2.33. The van der Waals surface area contributed by atoms with Crippen LogP contribution in [-0.2, 0) is 0 Å². The Balaban J connectivity index is 2.25.